The van der Waals surface area contributed by atoms with Gasteiger partial charge in [-0.2, -0.15) is 0 Å². The summed E-state index contributed by atoms with van der Waals surface area (Å²) < 4.78 is 5.08. The second-order valence-corrected chi connectivity index (χ2v) is 2.52. The van der Waals surface area contributed by atoms with Crippen LogP contribution in [0.5, 0.6) is 0 Å². The molecular formula is C8H9NO. The lowest BCUT2D eigenvalue weighted by molar-refractivity contribution is 0.407. The van der Waals surface area contributed by atoms with Crippen molar-refractivity contribution < 1.29 is 4.74 Å². The molecule has 0 aromatic carbocycles. The van der Waals surface area contributed by atoms with Gasteiger partial charge in [-0.3, -0.25) is 4.98 Å². The van der Waals surface area contributed by atoms with Crippen molar-refractivity contribution in [2.75, 3.05) is 6.61 Å². The minimum Gasteiger partial charge on any atom is -0.373 e. The predicted octanol–water partition coefficient (Wildman–Crippen LogP) is 1.02. The Labute approximate surface area is 59.9 Å². The van der Waals surface area contributed by atoms with Crippen LogP contribution in [-0.2, 0) is 11.2 Å². The van der Waals surface area contributed by atoms with Gasteiger partial charge in [-0.05, 0) is 11.6 Å². The summed E-state index contributed by atoms with van der Waals surface area (Å²) in [6.45, 7) is 0.925. The molecule has 0 radical (unpaired) electrons. The number of epoxide rings is 1. The van der Waals surface area contributed by atoms with Gasteiger partial charge in [0.05, 0.1) is 12.7 Å². The third-order valence-electron chi connectivity index (χ3n) is 1.59. The second-order valence-electron chi connectivity index (χ2n) is 2.52. The molecule has 0 unspecified atom stereocenters. The van der Waals surface area contributed by atoms with E-state index in [0.717, 1.165) is 13.0 Å². The molecular weight excluding hydrogens is 126 g/mol. The average molecular weight is 135 g/mol. The molecule has 1 aromatic heterocycles. The van der Waals surface area contributed by atoms with Gasteiger partial charge in [0.15, 0.2) is 0 Å². The van der Waals surface area contributed by atoms with E-state index in [1.54, 1.807) is 6.20 Å². The van der Waals surface area contributed by atoms with Crippen molar-refractivity contribution >= 4 is 0 Å². The van der Waals surface area contributed by atoms with Crippen LogP contribution in [0.2, 0.25) is 0 Å². The van der Waals surface area contributed by atoms with Crippen LogP contribution in [0.4, 0.5) is 0 Å². The highest BCUT2D eigenvalue weighted by molar-refractivity contribution is 5.10. The molecule has 2 heteroatoms. The first kappa shape index (κ1) is 5.86. The average Bonchev–Trinajstić information content (AvgIpc) is 2.74. The van der Waals surface area contributed by atoms with Crippen molar-refractivity contribution in [1.82, 2.24) is 4.98 Å². The topological polar surface area (TPSA) is 25.4 Å². The quantitative estimate of drug-likeness (QED) is 0.566. The van der Waals surface area contributed by atoms with E-state index >= 15 is 0 Å². The van der Waals surface area contributed by atoms with E-state index in [-0.39, 0.29) is 0 Å². The molecule has 1 aromatic rings. The molecule has 1 saturated heterocycles. The van der Waals surface area contributed by atoms with E-state index in [9.17, 15) is 0 Å². The second kappa shape index (κ2) is 2.39. The monoisotopic (exact) mass is 135 g/mol. The lowest BCUT2D eigenvalue weighted by atomic mass is 10.2. The van der Waals surface area contributed by atoms with Gasteiger partial charge in [-0.1, -0.05) is 6.07 Å². The maximum Gasteiger partial charge on any atom is 0.0850 e. The molecule has 0 N–H and O–H groups in total. The number of aromatic nitrogens is 1. The van der Waals surface area contributed by atoms with Gasteiger partial charge in [-0.25, -0.2) is 0 Å². The van der Waals surface area contributed by atoms with Gasteiger partial charge < -0.3 is 4.74 Å². The molecule has 0 aliphatic carbocycles. The van der Waals surface area contributed by atoms with Gasteiger partial charge in [0.2, 0.25) is 0 Å². The fourth-order valence-corrected chi connectivity index (χ4v) is 0.968. The van der Waals surface area contributed by atoms with Gasteiger partial charge in [0.25, 0.3) is 0 Å². The Bertz CT molecular complexity index is 206. The Morgan fingerprint density at radius 1 is 1.70 bits per heavy atom. The molecule has 1 aliphatic heterocycles. The molecule has 2 nitrogen and oxygen atoms in total. The van der Waals surface area contributed by atoms with Crippen molar-refractivity contribution in [2.45, 2.75) is 12.5 Å². The Morgan fingerprint density at radius 3 is 3.20 bits per heavy atom. The van der Waals surface area contributed by atoms with Crippen LogP contribution in [0, 0.1) is 0 Å². The van der Waals surface area contributed by atoms with Crippen LogP contribution in [-0.4, -0.2) is 17.7 Å². The molecule has 0 spiro atoms. The summed E-state index contributed by atoms with van der Waals surface area (Å²) in [7, 11) is 0. The molecule has 1 atom stereocenters. The predicted molar refractivity (Wildman–Crippen MR) is 37.7 cm³/mol. The van der Waals surface area contributed by atoms with E-state index in [1.165, 1.54) is 5.56 Å². The third-order valence-corrected chi connectivity index (χ3v) is 1.59. The summed E-state index contributed by atoms with van der Waals surface area (Å²) in [5, 5.41) is 0. The van der Waals surface area contributed by atoms with Gasteiger partial charge in [0.1, 0.15) is 0 Å². The van der Waals surface area contributed by atoms with E-state index in [4.69, 9.17) is 4.74 Å². The van der Waals surface area contributed by atoms with Crippen LogP contribution in [0.15, 0.2) is 24.5 Å². The first-order valence-corrected chi connectivity index (χ1v) is 3.45. The molecule has 0 bridgehead atoms. The first-order valence-electron chi connectivity index (χ1n) is 3.45. The Morgan fingerprint density at radius 2 is 2.60 bits per heavy atom. The summed E-state index contributed by atoms with van der Waals surface area (Å²) in [5.41, 5.74) is 1.27. The zero-order valence-electron chi connectivity index (χ0n) is 5.66. The van der Waals surface area contributed by atoms with Crippen molar-refractivity contribution in [3.8, 4) is 0 Å². The number of nitrogens with zero attached hydrogens (tertiary/aromatic N) is 1. The van der Waals surface area contributed by atoms with Gasteiger partial charge in [0, 0.05) is 18.8 Å². The molecule has 2 rings (SSSR count). The highest BCUT2D eigenvalue weighted by atomic mass is 16.6. The number of pyridine rings is 1. The Hall–Kier alpha value is -0.890. The van der Waals surface area contributed by atoms with E-state index < -0.39 is 0 Å². The fraction of sp³-hybridized carbons (Fsp3) is 0.375. The van der Waals surface area contributed by atoms with Gasteiger partial charge >= 0.3 is 0 Å². The third kappa shape index (κ3) is 1.33. The zero-order chi connectivity index (χ0) is 6.81. The zero-order valence-corrected chi connectivity index (χ0v) is 5.66. The molecule has 0 saturated carbocycles. The highest BCUT2D eigenvalue weighted by Gasteiger charge is 2.22. The van der Waals surface area contributed by atoms with Crippen LogP contribution in [0.1, 0.15) is 5.56 Å². The van der Waals surface area contributed by atoms with Crippen LogP contribution >= 0.6 is 0 Å². The lowest BCUT2D eigenvalue weighted by Crippen LogP contribution is -1.92. The van der Waals surface area contributed by atoms with Crippen molar-refractivity contribution in [3.63, 3.8) is 0 Å². The number of hydrogen-bond acceptors (Lipinski definition) is 2. The van der Waals surface area contributed by atoms with Crippen molar-refractivity contribution in [1.29, 1.82) is 0 Å². The summed E-state index contributed by atoms with van der Waals surface area (Å²) in [6, 6.07) is 4.03. The lowest BCUT2D eigenvalue weighted by Gasteiger charge is -1.93. The minimum absolute atomic E-state index is 0.476. The standard InChI is InChI=1S/C8H9NO/c1-2-7(5-9-3-1)4-8-6-10-8/h1-3,5,8H,4,6H2/t8-/m0/s1. The smallest absolute Gasteiger partial charge is 0.0850 e. The molecule has 1 fully saturated rings. The van der Waals surface area contributed by atoms with Crippen LogP contribution < -0.4 is 0 Å². The minimum atomic E-state index is 0.476. The summed E-state index contributed by atoms with van der Waals surface area (Å²) in [6.07, 6.45) is 5.18. The maximum absolute atomic E-state index is 5.08. The number of hydrogen-bond donors (Lipinski definition) is 0. The Balaban J connectivity index is 2.03. The van der Waals surface area contributed by atoms with E-state index in [0.29, 0.717) is 6.10 Å². The molecule has 10 heavy (non-hydrogen) atoms. The fourth-order valence-electron chi connectivity index (χ4n) is 0.968. The SMILES string of the molecule is c1cncc(C[C@H]2CO2)c1. The Kier molecular flexibility index (Phi) is 1.40. The summed E-state index contributed by atoms with van der Waals surface area (Å²) >= 11 is 0. The first-order chi connectivity index (χ1) is 4.95. The highest BCUT2D eigenvalue weighted by Crippen LogP contribution is 2.14. The molecule has 52 valence electrons. The summed E-state index contributed by atoms with van der Waals surface area (Å²) in [4.78, 5) is 4.01. The number of ether oxygens (including phenoxy) is 1. The van der Waals surface area contributed by atoms with Crippen LogP contribution in [0.25, 0.3) is 0 Å². The molecule has 2 heterocycles. The van der Waals surface area contributed by atoms with E-state index in [1.807, 2.05) is 12.3 Å². The van der Waals surface area contributed by atoms with Crippen molar-refractivity contribution in [3.05, 3.63) is 30.1 Å². The van der Waals surface area contributed by atoms with Crippen LogP contribution in [0.3, 0.4) is 0 Å². The van der Waals surface area contributed by atoms with Crippen molar-refractivity contribution in [2.24, 2.45) is 0 Å². The molecule has 1 aliphatic rings. The normalized spacial score (nSPS) is 22.6. The number of rotatable bonds is 2. The molecule has 0 amide bonds. The van der Waals surface area contributed by atoms with E-state index in [2.05, 4.69) is 11.1 Å². The van der Waals surface area contributed by atoms with Gasteiger partial charge in [-0.15, -0.1) is 0 Å². The maximum atomic E-state index is 5.08. The largest absolute Gasteiger partial charge is 0.373 e. The summed E-state index contributed by atoms with van der Waals surface area (Å²) in [5.74, 6) is 0.